The van der Waals surface area contributed by atoms with Crippen LogP contribution in [0.5, 0.6) is 11.5 Å². The summed E-state index contributed by atoms with van der Waals surface area (Å²) < 4.78 is 10.9. The van der Waals surface area contributed by atoms with E-state index in [2.05, 4.69) is 5.32 Å². The van der Waals surface area contributed by atoms with Crippen molar-refractivity contribution in [1.29, 1.82) is 0 Å². The first-order valence-corrected chi connectivity index (χ1v) is 9.32. The van der Waals surface area contributed by atoms with Gasteiger partial charge in [0.1, 0.15) is 22.6 Å². The van der Waals surface area contributed by atoms with E-state index in [0.29, 0.717) is 38.2 Å². The van der Waals surface area contributed by atoms with Crippen molar-refractivity contribution in [2.45, 2.75) is 0 Å². The highest BCUT2D eigenvalue weighted by molar-refractivity contribution is 6.31. The molecule has 0 fully saturated rings. The molecule has 0 unspecified atom stereocenters. The van der Waals surface area contributed by atoms with Gasteiger partial charge in [0, 0.05) is 21.1 Å². The molecule has 5 nitrogen and oxygen atoms in total. The normalized spacial score (nSPS) is 10.7. The van der Waals surface area contributed by atoms with Crippen LogP contribution < -0.4 is 15.7 Å². The molecule has 144 valence electrons. The quantitative estimate of drug-likeness (QED) is 0.398. The molecule has 0 aliphatic carbocycles. The molecule has 0 aliphatic heterocycles. The van der Waals surface area contributed by atoms with E-state index in [1.165, 1.54) is 6.07 Å². The van der Waals surface area contributed by atoms with E-state index in [1.54, 1.807) is 66.7 Å². The first-order chi connectivity index (χ1) is 14.0. The van der Waals surface area contributed by atoms with Crippen molar-refractivity contribution >= 4 is 45.8 Å². The van der Waals surface area contributed by atoms with Gasteiger partial charge in [-0.3, -0.25) is 4.79 Å². The van der Waals surface area contributed by atoms with Crippen molar-refractivity contribution < 1.29 is 13.9 Å². The van der Waals surface area contributed by atoms with E-state index < -0.39 is 11.5 Å². The summed E-state index contributed by atoms with van der Waals surface area (Å²) in [6.45, 7) is 0. The van der Waals surface area contributed by atoms with Gasteiger partial charge in [-0.2, -0.15) is 0 Å². The summed E-state index contributed by atoms with van der Waals surface area (Å²) in [6.07, 6.45) is 0. The number of hydrogen-bond donors (Lipinski definition) is 1. The largest absolute Gasteiger partial charge is 0.457 e. The third-order valence-electron chi connectivity index (χ3n) is 4.10. The Morgan fingerprint density at radius 1 is 0.828 bits per heavy atom. The number of carbonyl (C=O) groups is 1. The Bertz CT molecular complexity index is 1250. The van der Waals surface area contributed by atoms with Crippen LogP contribution in [0.15, 0.2) is 82.0 Å². The van der Waals surface area contributed by atoms with Gasteiger partial charge in [-0.05, 0) is 72.8 Å². The molecular formula is C22H13Cl2NO4. The highest BCUT2D eigenvalue weighted by Crippen LogP contribution is 2.25. The van der Waals surface area contributed by atoms with Crippen LogP contribution in [-0.4, -0.2) is 5.91 Å². The van der Waals surface area contributed by atoms with Crippen molar-refractivity contribution in [1.82, 2.24) is 0 Å². The summed E-state index contributed by atoms with van der Waals surface area (Å²) in [6, 6.07) is 20.0. The summed E-state index contributed by atoms with van der Waals surface area (Å²) >= 11 is 11.8. The van der Waals surface area contributed by atoms with Crippen LogP contribution in [0.4, 0.5) is 5.69 Å². The molecule has 4 rings (SSSR count). The number of hydrogen-bond acceptors (Lipinski definition) is 4. The van der Waals surface area contributed by atoms with Crippen LogP contribution in [-0.2, 0) is 0 Å². The highest BCUT2D eigenvalue weighted by Gasteiger charge is 2.14. The molecule has 1 aromatic heterocycles. The van der Waals surface area contributed by atoms with Gasteiger partial charge in [0.2, 0.25) is 0 Å². The van der Waals surface area contributed by atoms with E-state index in [9.17, 15) is 9.59 Å². The predicted octanol–water partition coefficient (Wildman–Crippen LogP) is 6.14. The molecular weight excluding hydrogens is 413 g/mol. The van der Waals surface area contributed by atoms with Gasteiger partial charge < -0.3 is 14.5 Å². The second-order valence-corrected chi connectivity index (χ2v) is 7.04. The molecule has 0 bridgehead atoms. The zero-order valence-corrected chi connectivity index (χ0v) is 16.3. The first kappa shape index (κ1) is 19.1. The summed E-state index contributed by atoms with van der Waals surface area (Å²) in [4.78, 5) is 24.7. The number of benzene rings is 3. The lowest BCUT2D eigenvalue weighted by molar-refractivity contribution is 0.102. The van der Waals surface area contributed by atoms with Crippen LogP contribution in [0.2, 0.25) is 10.0 Å². The van der Waals surface area contributed by atoms with E-state index >= 15 is 0 Å². The van der Waals surface area contributed by atoms with E-state index in [4.69, 9.17) is 32.4 Å². The number of nitrogens with one attached hydrogen (secondary N) is 1. The fraction of sp³-hybridized carbons (Fsp3) is 0. The van der Waals surface area contributed by atoms with Gasteiger partial charge >= 0.3 is 5.63 Å². The zero-order chi connectivity index (χ0) is 20.4. The first-order valence-electron chi connectivity index (χ1n) is 8.56. The predicted molar refractivity (Wildman–Crippen MR) is 113 cm³/mol. The summed E-state index contributed by atoms with van der Waals surface area (Å²) in [7, 11) is 0. The second-order valence-electron chi connectivity index (χ2n) is 6.16. The van der Waals surface area contributed by atoms with Crippen molar-refractivity contribution in [3.63, 3.8) is 0 Å². The molecule has 0 radical (unpaired) electrons. The maximum atomic E-state index is 12.5. The number of anilines is 1. The Hall–Kier alpha value is -3.28. The Balaban J connectivity index is 1.51. The van der Waals surface area contributed by atoms with Gasteiger partial charge in [0.15, 0.2) is 0 Å². The zero-order valence-electron chi connectivity index (χ0n) is 14.8. The average molecular weight is 426 g/mol. The molecule has 1 heterocycles. The lowest BCUT2D eigenvalue weighted by atomic mass is 10.1. The Kier molecular flexibility index (Phi) is 5.25. The third kappa shape index (κ3) is 4.42. The van der Waals surface area contributed by atoms with Gasteiger partial charge in [0.05, 0.1) is 0 Å². The monoisotopic (exact) mass is 425 g/mol. The van der Waals surface area contributed by atoms with Gasteiger partial charge in [-0.15, -0.1) is 0 Å². The molecule has 4 aromatic rings. The van der Waals surface area contributed by atoms with Gasteiger partial charge in [-0.1, -0.05) is 23.2 Å². The van der Waals surface area contributed by atoms with Gasteiger partial charge in [0.25, 0.3) is 5.91 Å². The fourth-order valence-corrected chi connectivity index (χ4v) is 3.00. The summed E-state index contributed by atoms with van der Waals surface area (Å²) in [5.74, 6) is 0.649. The van der Waals surface area contributed by atoms with Crippen LogP contribution >= 0.6 is 23.2 Å². The summed E-state index contributed by atoms with van der Waals surface area (Å²) in [5.41, 5.74) is 0.0324. The van der Waals surface area contributed by atoms with E-state index in [0.717, 1.165) is 0 Å². The van der Waals surface area contributed by atoms with Gasteiger partial charge in [-0.25, -0.2) is 4.79 Å². The summed E-state index contributed by atoms with van der Waals surface area (Å²) in [5, 5.41) is 4.34. The second kappa shape index (κ2) is 7.99. The number of amides is 1. The van der Waals surface area contributed by atoms with Crippen LogP contribution in [0.3, 0.4) is 0 Å². The number of ether oxygens (including phenoxy) is 1. The Morgan fingerprint density at radius 3 is 2.14 bits per heavy atom. The molecule has 1 N–H and O–H groups in total. The maximum Gasteiger partial charge on any atom is 0.349 e. The van der Waals surface area contributed by atoms with Crippen molar-refractivity contribution in [2.24, 2.45) is 0 Å². The smallest absolute Gasteiger partial charge is 0.349 e. The fourth-order valence-electron chi connectivity index (χ4n) is 2.70. The van der Waals surface area contributed by atoms with Crippen LogP contribution in [0, 0.1) is 0 Å². The SMILES string of the molecule is O=C(Nc1ccc(Oc2ccc(Cl)cc2)cc1)c1cc2cc(Cl)ccc2oc1=O. The molecule has 0 spiro atoms. The Labute approximate surface area is 175 Å². The minimum Gasteiger partial charge on any atom is -0.457 e. The topological polar surface area (TPSA) is 68.5 Å². The average Bonchev–Trinajstić information content (AvgIpc) is 2.71. The van der Waals surface area contributed by atoms with E-state index in [-0.39, 0.29) is 5.56 Å². The minimum atomic E-state index is -0.722. The molecule has 0 atom stereocenters. The number of carbonyl (C=O) groups excluding carboxylic acids is 1. The minimum absolute atomic E-state index is 0.110. The molecule has 0 saturated carbocycles. The lowest BCUT2D eigenvalue weighted by Crippen LogP contribution is -2.20. The van der Waals surface area contributed by atoms with Crippen LogP contribution in [0.1, 0.15) is 10.4 Å². The molecule has 7 heteroatoms. The molecule has 1 amide bonds. The van der Waals surface area contributed by atoms with Crippen molar-refractivity contribution in [3.8, 4) is 11.5 Å². The Morgan fingerprint density at radius 2 is 1.45 bits per heavy atom. The maximum absolute atomic E-state index is 12.5. The highest BCUT2D eigenvalue weighted by atomic mass is 35.5. The molecule has 29 heavy (non-hydrogen) atoms. The number of halogens is 2. The third-order valence-corrected chi connectivity index (χ3v) is 4.59. The van der Waals surface area contributed by atoms with E-state index in [1.807, 2.05) is 0 Å². The van der Waals surface area contributed by atoms with Crippen molar-refractivity contribution in [2.75, 3.05) is 5.32 Å². The standard InChI is InChI=1S/C22H13Cl2NO4/c23-14-1-6-17(7-2-14)28-18-8-4-16(5-9-18)25-21(26)19-12-13-11-15(24)3-10-20(13)29-22(19)27/h1-12H,(H,25,26). The lowest BCUT2D eigenvalue weighted by Gasteiger charge is -2.08. The number of rotatable bonds is 4. The molecule has 3 aromatic carbocycles. The number of fused-ring (bicyclic) bond motifs is 1. The molecule has 0 saturated heterocycles. The molecule has 0 aliphatic rings. The van der Waals surface area contributed by atoms with Crippen molar-refractivity contribution in [3.05, 3.63) is 98.8 Å². The van der Waals surface area contributed by atoms with Crippen LogP contribution in [0.25, 0.3) is 11.0 Å².